The van der Waals surface area contributed by atoms with E-state index in [-0.39, 0.29) is 27.5 Å². The van der Waals surface area contributed by atoms with Gasteiger partial charge in [-0.15, -0.1) is 0 Å². The number of hydrogen-bond acceptors (Lipinski definition) is 4. The average molecular weight is 370 g/mol. The molecule has 0 saturated heterocycles. The third-order valence-electron chi connectivity index (χ3n) is 3.75. The van der Waals surface area contributed by atoms with Crippen molar-refractivity contribution in [3.05, 3.63) is 33.8 Å². The molecule has 0 saturated carbocycles. The summed E-state index contributed by atoms with van der Waals surface area (Å²) < 4.78 is 4.97. The zero-order valence-electron chi connectivity index (χ0n) is 13.6. The van der Waals surface area contributed by atoms with Crippen molar-refractivity contribution in [3.8, 4) is 5.75 Å². The van der Waals surface area contributed by atoms with Crippen molar-refractivity contribution < 1.29 is 19.1 Å². The van der Waals surface area contributed by atoms with E-state index in [9.17, 15) is 14.4 Å². The highest BCUT2D eigenvalue weighted by Crippen LogP contribution is 2.40. The van der Waals surface area contributed by atoms with Crippen LogP contribution in [0.3, 0.4) is 0 Å². The minimum atomic E-state index is -0.654. The van der Waals surface area contributed by atoms with Crippen LogP contribution in [0.15, 0.2) is 18.2 Å². The number of amides is 1. The molecule has 128 valence electrons. The second-order valence-electron chi connectivity index (χ2n) is 5.73. The summed E-state index contributed by atoms with van der Waals surface area (Å²) in [5.41, 5.74) is 1.31. The molecule has 1 aromatic carbocycles. The minimum absolute atomic E-state index is 0.115. The predicted molar refractivity (Wildman–Crippen MR) is 92.2 cm³/mol. The van der Waals surface area contributed by atoms with Crippen LogP contribution in [0.1, 0.15) is 25.3 Å². The average Bonchev–Trinajstić information content (AvgIpc) is 2.51. The Labute approximate surface area is 150 Å². The van der Waals surface area contributed by atoms with Gasteiger partial charge in [0.15, 0.2) is 11.5 Å². The molecule has 0 heterocycles. The molecular formula is C17H17Cl2NO4. The van der Waals surface area contributed by atoms with Crippen LogP contribution in [0, 0.1) is 5.92 Å². The number of ketones is 1. The fourth-order valence-electron chi connectivity index (χ4n) is 2.57. The van der Waals surface area contributed by atoms with Crippen LogP contribution >= 0.6 is 23.2 Å². The van der Waals surface area contributed by atoms with Crippen molar-refractivity contribution in [2.45, 2.75) is 19.8 Å². The molecule has 7 heteroatoms. The number of halogens is 2. The lowest BCUT2D eigenvalue weighted by Crippen LogP contribution is -2.35. The van der Waals surface area contributed by atoms with Crippen molar-refractivity contribution in [1.82, 2.24) is 4.90 Å². The van der Waals surface area contributed by atoms with E-state index in [2.05, 4.69) is 0 Å². The van der Waals surface area contributed by atoms with Crippen molar-refractivity contribution in [2.75, 3.05) is 14.1 Å². The summed E-state index contributed by atoms with van der Waals surface area (Å²) in [4.78, 5) is 36.7. The van der Waals surface area contributed by atoms with Gasteiger partial charge in [0.2, 0.25) is 5.91 Å². The molecule has 0 aliphatic heterocycles. The van der Waals surface area contributed by atoms with Gasteiger partial charge in [-0.2, -0.15) is 0 Å². The van der Waals surface area contributed by atoms with Crippen LogP contribution in [-0.4, -0.2) is 36.7 Å². The van der Waals surface area contributed by atoms with E-state index in [4.69, 9.17) is 27.9 Å². The molecule has 0 N–H and O–H groups in total. The molecule has 0 aromatic heterocycles. The molecule has 1 atom stereocenters. The SMILES string of the molecule is CC(=O)Oc1ccc(C2=CC(=O)C(C(=O)N(C)C)CC2)c(Cl)c1Cl. The molecule has 1 aliphatic rings. The van der Waals surface area contributed by atoms with Crippen LogP contribution in [-0.2, 0) is 14.4 Å². The molecule has 1 unspecified atom stereocenters. The number of ether oxygens (including phenoxy) is 1. The van der Waals surface area contributed by atoms with Crippen molar-refractivity contribution in [2.24, 2.45) is 5.92 Å². The van der Waals surface area contributed by atoms with Gasteiger partial charge in [0.1, 0.15) is 10.9 Å². The van der Waals surface area contributed by atoms with E-state index >= 15 is 0 Å². The number of hydrogen-bond donors (Lipinski definition) is 0. The molecular weight excluding hydrogens is 353 g/mol. The van der Waals surface area contributed by atoms with Gasteiger partial charge in [-0.05, 0) is 42.2 Å². The van der Waals surface area contributed by atoms with Gasteiger partial charge in [0.25, 0.3) is 0 Å². The second-order valence-corrected chi connectivity index (χ2v) is 6.48. The quantitative estimate of drug-likeness (QED) is 0.465. The van der Waals surface area contributed by atoms with Gasteiger partial charge in [-0.1, -0.05) is 23.2 Å². The van der Waals surface area contributed by atoms with Crippen molar-refractivity contribution in [1.29, 1.82) is 0 Å². The third-order valence-corrected chi connectivity index (χ3v) is 4.61. The number of rotatable bonds is 3. The van der Waals surface area contributed by atoms with E-state index in [1.54, 1.807) is 20.2 Å². The Kier molecular flexibility index (Phi) is 5.67. The fraction of sp³-hybridized carbons (Fsp3) is 0.353. The highest BCUT2D eigenvalue weighted by molar-refractivity contribution is 6.44. The van der Waals surface area contributed by atoms with Crippen molar-refractivity contribution >= 4 is 46.4 Å². The first-order valence-electron chi connectivity index (χ1n) is 7.34. The Morgan fingerprint density at radius 3 is 2.42 bits per heavy atom. The highest BCUT2D eigenvalue weighted by Gasteiger charge is 2.31. The van der Waals surface area contributed by atoms with E-state index in [1.807, 2.05) is 0 Å². The molecule has 1 aromatic rings. The summed E-state index contributed by atoms with van der Waals surface area (Å²) in [7, 11) is 3.25. The lowest BCUT2D eigenvalue weighted by Gasteiger charge is -2.23. The lowest BCUT2D eigenvalue weighted by molar-refractivity contribution is -0.138. The van der Waals surface area contributed by atoms with Crippen LogP contribution in [0.4, 0.5) is 0 Å². The minimum Gasteiger partial charge on any atom is -0.425 e. The van der Waals surface area contributed by atoms with Gasteiger partial charge in [0, 0.05) is 21.0 Å². The highest BCUT2D eigenvalue weighted by atomic mass is 35.5. The summed E-state index contributed by atoms with van der Waals surface area (Å²) in [6.07, 6.45) is 2.39. The lowest BCUT2D eigenvalue weighted by atomic mass is 9.85. The van der Waals surface area contributed by atoms with Gasteiger partial charge in [0.05, 0.1) is 5.02 Å². The maximum absolute atomic E-state index is 12.3. The first-order chi connectivity index (χ1) is 11.2. The Morgan fingerprint density at radius 2 is 1.88 bits per heavy atom. The van der Waals surface area contributed by atoms with Gasteiger partial charge >= 0.3 is 5.97 Å². The number of carbonyl (C=O) groups excluding carboxylic acids is 3. The molecule has 0 fully saturated rings. The number of benzene rings is 1. The largest absolute Gasteiger partial charge is 0.425 e. The predicted octanol–water partition coefficient (Wildman–Crippen LogP) is 3.37. The molecule has 0 bridgehead atoms. The summed E-state index contributed by atoms with van der Waals surface area (Å²) in [6, 6.07) is 3.19. The van der Waals surface area contributed by atoms with Gasteiger partial charge in [-0.25, -0.2) is 0 Å². The van der Waals surface area contributed by atoms with Crippen LogP contribution < -0.4 is 4.74 Å². The Bertz CT molecular complexity index is 740. The molecule has 0 spiro atoms. The van der Waals surface area contributed by atoms with Gasteiger partial charge < -0.3 is 9.64 Å². The molecule has 2 rings (SSSR count). The standard InChI is InChI=1S/C17H17Cl2NO4/c1-9(21)24-14-7-6-11(15(18)16(14)19)10-4-5-12(13(22)8-10)17(23)20(2)3/h6-8,12H,4-5H2,1-3H3. The maximum atomic E-state index is 12.3. The number of esters is 1. The van der Waals surface area contributed by atoms with Gasteiger partial charge in [-0.3, -0.25) is 14.4 Å². The number of nitrogens with zero attached hydrogens (tertiary/aromatic N) is 1. The summed E-state index contributed by atoms with van der Waals surface area (Å²) in [6.45, 7) is 1.27. The molecule has 0 radical (unpaired) electrons. The van der Waals surface area contributed by atoms with Crippen LogP contribution in [0.2, 0.25) is 10.0 Å². The van der Waals surface area contributed by atoms with E-state index in [1.165, 1.54) is 24.0 Å². The monoisotopic (exact) mass is 369 g/mol. The zero-order valence-corrected chi connectivity index (χ0v) is 15.1. The van der Waals surface area contributed by atoms with Crippen LogP contribution in [0.5, 0.6) is 5.75 Å². The summed E-state index contributed by atoms with van der Waals surface area (Å²) in [5.74, 6) is -1.44. The van der Waals surface area contributed by atoms with Crippen LogP contribution in [0.25, 0.3) is 5.57 Å². The normalized spacial score (nSPS) is 17.3. The molecule has 5 nitrogen and oxygen atoms in total. The first-order valence-corrected chi connectivity index (χ1v) is 8.10. The van der Waals surface area contributed by atoms with E-state index in [0.29, 0.717) is 24.0 Å². The maximum Gasteiger partial charge on any atom is 0.308 e. The summed E-state index contributed by atoms with van der Waals surface area (Å²) in [5, 5.41) is 0.330. The Morgan fingerprint density at radius 1 is 1.21 bits per heavy atom. The Balaban J connectivity index is 2.32. The molecule has 1 aliphatic carbocycles. The second kappa shape index (κ2) is 7.36. The fourth-order valence-corrected chi connectivity index (χ4v) is 3.05. The number of carbonyl (C=O) groups is 3. The van der Waals surface area contributed by atoms with E-state index in [0.717, 1.165) is 0 Å². The Hall–Kier alpha value is -1.85. The molecule has 24 heavy (non-hydrogen) atoms. The topological polar surface area (TPSA) is 63.7 Å². The van der Waals surface area contributed by atoms with Crippen molar-refractivity contribution in [3.63, 3.8) is 0 Å². The third kappa shape index (κ3) is 3.79. The first kappa shape index (κ1) is 18.5. The smallest absolute Gasteiger partial charge is 0.308 e. The van der Waals surface area contributed by atoms with E-state index < -0.39 is 11.9 Å². The number of allylic oxidation sites excluding steroid dienone is 2. The molecule has 1 amide bonds. The summed E-state index contributed by atoms with van der Waals surface area (Å²) >= 11 is 12.4. The zero-order chi connectivity index (χ0) is 18.0.